The van der Waals surface area contributed by atoms with Gasteiger partial charge in [0.1, 0.15) is 5.75 Å². The number of benzene rings is 3. The van der Waals surface area contributed by atoms with Crippen LogP contribution in [0.4, 0.5) is 11.4 Å². The van der Waals surface area contributed by atoms with E-state index in [1.807, 2.05) is 43.3 Å². The maximum Gasteiger partial charge on any atom is 0.256 e. The number of oxazole rings is 1. The first kappa shape index (κ1) is 22.4. The molecule has 1 aliphatic rings. The van der Waals surface area contributed by atoms with Crippen LogP contribution in [0, 0.1) is 6.92 Å². The Labute approximate surface area is 203 Å². The Morgan fingerprint density at radius 1 is 1.09 bits per heavy atom. The molecule has 0 radical (unpaired) electrons. The molecule has 1 aliphatic heterocycles. The maximum atomic E-state index is 13.2. The molecule has 1 N–H and O–H groups in total. The number of nitrogens with zero attached hydrogens (tertiary/aromatic N) is 2. The fraction of sp³-hybridized carbons (Fsp3) is 0.179. The molecule has 1 fully saturated rings. The molecule has 5 rings (SSSR count). The number of amides is 2. The Hall–Kier alpha value is -4.39. The van der Waals surface area contributed by atoms with Gasteiger partial charge in [0.2, 0.25) is 11.8 Å². The molecule has 7 heteroatoms. The molecule has 0 aliphatic carbocycles. The van der Waals surface area contributed by atoms with Crippen LogP contribution in [-0.2, 0) is 4.79 Å². The first-order valence-corrected chi connectivity index (χ1v) is 11.5. The molecule has 0 atom stereocenters. The number of aryl methyl sites for hydroxylation is 1. The number of nitrogens with one attached hydrogen (secondary N) is 1. The fourth-order valence-corrected chi connectivity index (χ4v) is 4.20. The van der Waals surface area contributed by atoms with Gasteiger partial charge in [-0.25, -0.2) is 4.98 Å². The molecule has 4 aromatic rings. The lowest BCUT2D eigenvalue weighted by atomic mass is 10.1. The van der Waals surface area contributed by atoms with Gasteiger partial charge in [-0.15, -0.1) is 0 Å². The summed E-state index contributed by atoms with van der Waals surface area (Å²) in [7, 11) is 1.55. The minimum Gasteiger partial charge on any atom is -0.494 e. The molecule has 0 spiro atoms. The molecule has 1 aromatic heterocycles. The number of aromatic nitrogens is 1. The van der Waals surface area contributed by atoms with Crippen molar-refractivity contribution in [3.63, 3.8) is 0 Å². The summed E-state index contributed by atoms with van der Waals surface area (Å²) in [6.07, 6.45) is 3.02. The summed E-state index contributed by atoms with van der Waals surface area (Å²) in [5.41, 5.74) is 4.37. The average molecular weight is 468 g/mol. The van der Waals surface area contributed by atoms with Crippen LogP contribution in [0.15, 0.2) is 77.3 Å². The highest BCUT2D eigenvalue weighted by molar-refractivity contribution is 6.08. The second kappa shape index (κ2) is 9.46. The van der Waals surface area contributed by atoms with Crippen LogP contribution < -0.4 is 15.0 Å². The highest BCUT2D eigenvalue weighted by Gasteiger charge is 2.25. The number of hydrogen-bond donors (Lipinski definition) is 1. The lowest BCUT2D eigenvalue weighted by molar-refractivity contribution is -0.117. The lowest BCUT2D eigenvalue weighted by Crippen LogP contribution is -2.24. The molecular weight excluding hydrogens is 442 g/mol. The Balaban J connectivity index is 1.40. The maximum absolute atomic E-state index is 13.2. The van der Waals surface area contributed by atoms with Crippen LogP contribution in [0.25, 0.3) is 22.8 Å². The Bertz CT molecular complexity index is 1390. The van der Waals surface area contributed by atoms with E-state index in [1.165, 1.54) is 0 Å². The van der Waals surface area contributed by atoms with Crippen molar-refractivity contribution in [2.45, 2.75) is 19.8 Å². The highest BCUT2D eigenvalue weighted by Crippen LogP contribution is 2.34. The monoisotopic (exact) mass is 467 g/mol. The molecule has 35 heavy (non-hydrogen) atoms. The molecule has 0 saturated carbocycles. The van der Waals surface area contributed by atoms with E-state index in [1.54, 1.807) is 48.5 Å². The molecule has 0 unspecified atom stereocenters. The van der Waals surface area contributed by atoms with Crippen LogP contribution in [0.3, 0.4) is 0 Å². The predicted octanol–water partition coefficient (Wildman–Crippen LogP) is 5.70. The number of hydrogen-bond acceptors (Lipinski definition) is 5. The number of rotatable bonds is 6. The third-order valence-corrected chi connectivity index (χ3v) is 6.05. The Kier molecular flexibility index (Phi) is 6.06. The van der Waals surface area contributed by atoms with E-state index in [-0.39, 0.29) is 11.8 Å². The van der Waals surface area contributed by atoms with E-state index >= 15 is 0 Å². The molecule has 1 saturated heterocycles. The first-order chi connectivity index (χ1) is 17.0. The van der Waals surface area contributed by atoms with Crippen molar-refractivity contribution in [1.82, 2.24) is 4.98 Å². The zero-order valence-electron chi connectivity index (χ0n) is 19.6. The molecule has 0 bridgehead atoms. The van der Waals surface area contributed by atoms with Crippen LogP contribution in [0.2, 0.25) is 0 Å². The minimum atomic E-state index is -0.303. The van der Waals surface area contributed by atoms with Crippen LogP contribution in [-0.4, -0.2) is 30.5 Å². The number of methoxy groups -OCH3 is 1. The summed E-state index contributed by atoms with van der Waals surface area (Å²) >= 11 is 0. The Morgan fingerprint density at radius 3 is 2.63 bits per heavy atom. The molecule has 7 nitrogen and oxygen atoms in total. The van der Waals surface area contributed by atoms with Gasteiger partial charge in [0.25, 0.3) is 5.91 Å². The molecule has 3 aromatic carbocycles. The third kappa shape index (κ3) is 4.53. The van der Waals surface area contributed by atoms with E-state index in [4.69, 9.17) is 9.15 Å². The SMILES string of the molecule is COc1cc(NC(=O)c2ccccc2-c2ncc(-c3ccc(C)cc3)o2)ccc1N1CCCC1=O. The van der Waals surface area contributed by atoms with Gasteiger partial charge < -0.3 is 19.4 Å². The van der Waals surface area contributed by atoms with Gasteiger partial charge in [0.05, 0.1) is 24.6 Å². The number of anilines is 2. The normalized spacial score (nSPS) is 13.2. The van der Waals surface area contributed by atoms with Crippen molar-refractivity contribution < 1.29 is 18.7 Å². The van der Waals surface area contributed by atoms with Crippen LogP contribution in [0.5, 0.6) is 5.75 Å². The van der Waals surface area contributed by atoms with Crippen molar-refractivity contribution in [3.05, 3.63) is 84.1 Å². The second-order valence-electron chi connectivity index (χ2n) is 8.43. The van der Waals surface area contributed by atoms with Crippen LogP contribution in [0.1, 0.15) is 28.8 Å². The van der Waals surface area contributed by atoms with Crippen LogP contribution >= 0.6 is 0 Å². The van der Waals surface area contributed by atoms with Gasteiger partial charge in [0.15, 0.2) is 5.76 Å². The van der Waals surface area contributed by atoms with Crippen molar-refractivity contribution in [3.8, 4) is 28.5 Å². The fourth-order valence-electron chi connectivity index (χ4n) is 4.20. The van der Waals surface area contributed by atoms with Gasteiger partial charge in [0, 0.05) is 35.8 Å². The minimum absolute atomic E-state index is 0.0740. The lowest BCUT2D eigenvalue weighted by Gasteiger charge is -2.19. The number of ether oxygens (including phenoxy) is 1. The molecule has 2 heterocycles. The quantitative estimate of drug-likeness (QED) is 0.393. The van der Waals surface area contributed by atoms with Crippen molar-refractivity contribution in [1.29, 1.82) is 0 Å². The number of carbonyl (C=O) groups is 2. The smallest absolute Gasteiger partial charge is 0.256 e. The van der Waals surface area contributed by atoms with Gasteiger partial charge in [-0.1, -0.05) is 42.0 Å². The van der Waals surface area contributed by atoms with E-state index < -0.39 is 0 Å². The van der Waals surface area contributed by atoms with Crippen molar-refractivity contribution in [2.75, 3.05) is 23.9 Å². The average Bonchev–Trinajstić information content (AvgIpc) is 3.54. The summed E-state index contributed by atoms with van der Waals surface area (Å²) in [6, 6.07) is 20.4. The topological polar surface area (TPSA) is 84.7 Å². The Morgan fingerprint density at radius 2 is 1.89 bits per heavy atom. The standard InChI is InChI=1S/C28H25N3O4/c1-18-9-11-19(12-10-18)25-17-29-28(35-25)22-7-4-3-6-21(22)27(33)30-20-13-14-23(24(16-20)34-2)31-15-5-8-26(31)32/h3-4,6-7,9-14,16-17H,5,8,15H2,1-2H3,(H,30,33). The largest absolute Gasteiger partial charge is 0.494 e. The second-order valence-corrected chi connectivity index (χ2v) is 8.43. The molecule has 2 amide bonds. The zero-order chi connectivity index (χ0) is 24.4. The van der Waals surface area contributed by atoms with E-state index in [0.717, 1.165) is 17.5 Å². The van der Waals surface area contributed by atoms with Crippen molar-refractivity contribution >= 4 is 23.2 Å². The van der Waals surface area contributed by atoms with E-state index in [2.05, 4.69) is 10.3 Å². The number of carbonyl (C=O) groups excluding carboxylic acids is 2. The third-order valence-electron chi connectivity index (χ3n) is 6.05. The van der Waals surface area contributed by atoms with Gasteiger partial charge in [-0.05, 0) is 37.6 Å². The van der Waals surface area contributed by atoms with Gasteiger partial charge in [-0.3, -0.25) is 9.59 Å². The summed E-state index contributed by atoms with van der Waals surface area (Å²) in [5, 5.41) is 2.92. The van der Waals surface area contributed by atoms with Gasteiger partial charge >= 0.3 is 0 Å². The van der Waals surface area contributed by atoms with Gasteiger partial charge in [-0.2, -0.15) is 0 Å². The highest BCUT2D eigenvalue weighted by atomic mass is 16.5. The zero-order valence-corrected chi connectivity index (χ0v) is 19.6. The van der Waals surface area contributed by atoms with E-state index in [9.17, 15) is 9.59 Å². The molecular formula is C28H25N3O4. The molecule has 176 valence electrons. The summed E-state index contributed by atoms with van der Waals surface area (Å²) < 4.78 is 11.5. The van der Waals surface area contributed by atoms with E-state index in [0.29, 0.717) is 52.9 Å². The first-order valence-electron chi connectivity index (χ1n) is 11.5. The summed E-state index contributed by atoms with van der Waals surface area (Å²) in [4.78, 5) is 31.5. The summed E-state index contributed by atoms with van der Waals surface area (Å²) in [6.45, 7) is 2.69. The summed E-state index contributed by atoms with van der Waals surface area (Å²) in [5.74, 6) is 1.30. The van der Waals surface area contributed by atoms with Crippen molar-refractivity contribution in [2.24, 2.45) is 0 Å². The predicted molar refractivity (Wildman–Crippen MR) is 135 cm³/mol.